The molecule has 9 heteroatoms. The molecule has 2 aromatic rings. The Kier molecular flexibility index (Phi) is 5.16. The van der Waals surface area contributed by atoms with Crippen LogP contribution in [-0.2, 0) is 10.2 Å². The predicted octanol–water partition coefficient (Wildman–Crippen LogP) is 2.14. The molecule has 3 rings (SSSR count). The van der Waals surface area contributed by atoms with Gasteiger partial charge in [0.05, 0.1) is 11.0 Å². The van der Waals surface area contributed by atoms with Crippen LogP contribution in [-0.4, -0.2) is 41.7 Å². The summed E-state index contributed by atoms with van der Waals surface area (Å²) < 4.78 is 10.7. The van der Waals surface area contributed by atoms with Crippen LogP contribution in [0.15, 0.2) is 42.5 Å². The van der Waals surface area contributed by atoms with E-state index in [0.717, 1.165) is 6.07 Å². The molecule has 0 saturated heterocycles. The van der Waals surface area contributed by atoms with Crippen molar-refractivity contribution in [1.82, 2.24) is 5.32 Å². The van der Waals surface area contributed by atoms with Crippen molar-refractivity contribution in [2.75, 3.05) is 19.8 Å². The molecule has 1 atom stereocenters. The second kappa shape index (κ2) is 7.55. The molecule has 1 aliphatic heterocycles. The second-order valence-electron chi connectivity index (χ2n) is 6.46. The minimum Gasteiger partial charge on any atom is -0.486 e. The molecule has 1 heterocycles. The quantitative estimate of drug-likeness (QED) is 0.575. The number of nitro benzene ring substituents is 1. The highest BCUT2D eigenvalue weighted by Crippen LogP contribution is 2.36. The first kappa shape index (κ1) is 19.2. The maximum atomic E-state index is 12.7. The number of hydrogen-bond acceptors (Lipinski definition) is 6. The molecule has 0 spiro atoms. The van der Waals surface area contributed by atoms with Crippen molar-refractivity contribution < 1.29 is 29.1 Å². The van der Waals surface area contributed by atoms with Crippen LogP contribution in [0.1, 0.15) is 22.8 Å². The number of carboxylic acids is 1. The molecule has 2 N–H and O–H groups in total. The molecule has 0 fully saturated rings. The number of carbonyl (C=O) groups excluding carboxylic acids is 1. The van der Waals surface area contributed by atoms with E-state index in [1.807, 2.05) is 0 Å². The Labute approximate surface area is 160 Å². The van der Waals surface area contributed by atoms with E-state index in [-0.39, 0.29) is 36.8 Å². The monoisotopic (exact) mass is 386 g/mol. The van der Waals surface area contributed by atoms with E-state index in [2.05, 4.69) is 5.32 Å². The fourth-order valence-electron chi connectivity index (χ4n) is 2.87. The van der Waals surface area contributed by atoms with Gasteiger partial charge in [-0.15, -0.1) is 0 Å². The zero-order valence-electron chi connectivity index (χ0n) is 15.0. The largest absolute Gasteiger partial charge is 0.486 e. The molecular weight excluding hydrogens is 368 g/mol. The highest BCUT2D eigenvalue weighted by atomic mass is 16.6. The molecule has 1 amide bonds. The summed E-state index contributed by atoms with van der Waals surface area (Å²) >= 11 is 0. The average molecular weight is 386 g/mol. The highest BCUT2D eigenvalue weighted by molar-refractivity contribution is 5.99. The number of ether oxygens (including phenoxy) is 2. The highest BCUT2D eigenvalue weighted by Gasteiger charge is 2.36. The zero-order valence-corrected chi connectivity index (χ0v) is 15.0. The Hall–Kier alpha value is -3.62. The molecular formula is C19H18N2O7. The number of nitrogens with one attached hydrogen (secondary N) is 1. The van der Waals surface area contributed by atoms with Crippen LogP contribution >= 0.6 is 0 Å². The third-order valence-corrected chi connectivity index (χ3v) is 4.59. The van der Waals surface area contributed by atoms with Gasteiger partial charge in [0, 0.05) is 12.6 Å². The Morgan fingerprint density at radius 1 is 1.18 bits per heavy atom. The van der Waals surface area contributed by atoms with Crippen molar-refractivity contribution in [2.45, 2.75) is 12.3 Å². The van der Waals surface area contributed by atoms with Crippen LogP contribution in [0.5, 0.6) is 11.5 Å². The van der Waals surface area contributed by atoms with Gasteiger partial charge in [-0.3, -0.25) is 19.7 Å². The van der Waals surface area contributed by atoms with Crippen molar-refractivity contribution in [3.8, 4) is 11.5 Å². The van der Waals surface area contributed by atoms with E-state index in [9.17, 15) is 24.8 Å². The van der Waals surface area contributed by atoms with Gasteiger partial charge >= 0.3 is 5.97 Å². The Morgan fingerprint density at radius 3 is 2.36 bits per heavy atom. The molecule has 0 bridgehead atoms. The van der Waals surface area contributed by atoms with E-state index in [1.165, 1.54) is 13.0 Å². The van der Waals surface area contributed by atoms with Gasteiger partial charge in [0.15, 0.2) is 11.5 Å². The lowest BCUT2D eigenvalue weighted by atomic mass is 9.82. The average Bonchev–Trinajstić information content (AvgIpc) is 2.71. The molecule has 9 nitrogen and oxygen atoms in total. The van der Waals surface area contributed by atoms with E-state index in [0.29, 0.717) is 5.56 Å². The van der Waals surface area contributed by atoms with Gasteiger partial charge in [-0.25, -0.2) is 0 Å². The number of fused-ring (bicyclic) bond motifs is 1. The van der Waals surface area contributed by atoms with Crippen LogP contribution < -0.4 is 14.8 Å². The van der Waals surface area contributed by atoms with Crippen molar-refractivity contribution >= 4 is 17.6 Å². The summed E-state index contributed by atoms with van der Waals surface area (Å²) in [5.74, 6) is -1.48. The molecule has 1 unspecified atom stereocenters. The Morgan fingerprint density at radius 2 is 1.79 bits per heavy atom. The van der Waals surface area contributed by atoms with Gasteiger partial charge in [0.25, 0.3) is 11.6 Å². The summed E-state index contributed by atoms with van der Waals surface area (Å²) in [6, 6.07) is 10.8. The number of carboxylic acid groups (broad SMARTS) is 1. The number of carbonyl (C=O) groups is 2. The molecule has 0 saturated carbocycles. The van der Waals surface area contributed by atoms with E-state index in [4.69, 9.17) is 9.47 Å². The number of rotatable bonds is 6. The lowest BCUT2D eigenvalue weighted by Gasteiger charge is -2.26. The standard InChI is InChI=1S/C19H18N2O7/c1-19(18(23)24,12-5-3-2-4-6-12)11-20-17(22)13-9-15-16(28-8-7-27-15)10-14(13)21(25)26/h2-6,9-10H,7-8,11H2,1H3,(H,20,22)(H,23,24). The second-order valence-corrected chi connectivity index (χ2v) is 6.46. The number of nitro groups is 1. The lowest BCUT2D eigenvalue weighted by molar-refractivity contribution is -0.385. The van der Waals surface area contributed by atoms with Crippen LogP contribution in [0, 0.1) is 10.1 Å². The van der Waals surface area contributed by atoms with Crippen molar-refractivity contribution in [2.24, 2.45) is 0 Å². The fourth-order valence-corrected chi connectivity index (χ4v) is 2.87. The number of amides is 1. The van der Waals surface area contributed by atoms with Gasteiger partial charge in [0.2, 0.25) is 0 Å². The minimum absolute atomic E-state index is 0.189. The van der Waals surface area contributed by atoms with Gasteiger partial charge in [-0.2, -0.15) is 0 Å². The normalized spacial score (nSPS) is 14.6. The molecule has 0 radical (unpaired) electrons. The smallest absolute Gasteiger partial charge is 0.315 e. The molecule has 28 heavy (non-hydrogen) atoms. The first-order chi connectivity index (χ1) is 13.3. The van der Waals surface area contributed by atoms with Crippen LogP contribution in [0.4, 0.5) is 5.69 Å². The molecule has 0 aliphatic carbocycles. The number of hydrogen-bond donors (Lipinski definition) is 2. The maximum Gasteiger partial charge on any atom is 0.315 e. The Bertz CT molecular complexity index is 929. The SMILES string of the molecule is CC(CNC(=O)c1cc2c(cc1[N+](=O)[O-])OCCO2)(C(=O)O)c1ccccc1. The van der Waals surface area contributed by atoms with Gasteiger partial charge in [-0.05, 0) is 12.5 Å². The minimum atomic E-state index is -1.40. The molecule has 1 aliphatic rings. The van der Waals surface area contributed by atoms with E-state index < -0.39 is 27.9 Å². The number of aliphatic carboxylic acids is 1. The van der Waals surface area contributed by atoms with Gasteiger partial charge < -0.3 is 19.9 Å². The van der Waals surface area contributed by atoms with E-state index in [1.54, 1.807) is 30.3 Å². The van der Waals surface area contributed by atoms with Crippen molar-refractivity contribution in [1.29, 1.82) is 0 Å². The summed E-state index contributed by atoms with van der Waals surface area (Å²) in [7, 11) is 0. The predicted molar refractivity (Wildman–Crippen MR) is 97.8 cm³/mol. The summed E-state index contributed by atoms with van der Waals surface area (Å²) in [5.41, 5.74) is -1.58. The third-order valence-electron chi connectivity index (χ3n) is 4.59. The number of nitrogens with zero attached hydrogens (tertiary/aromatic N) is 1. The summed E-state index contributed by atoms with van der Waals surface area (Å²) in [4.78, 5) is 35.2. The molecule has 0 aromatic heterocycles. The Balaban J connectivity index is 1.88. The first-order valence-electron chi connectivity index (χ1n) is 8.48. The van der Waals surface area contributed by atoms with Crippen molar-refractivity contribution in [3.05, 3.63) is 63.7 Å². The zero-order chi connectivity index (χ0) is 20.3. The molecule has 146 valence electrons. The fraction of sp³-hybridized carbons (Fsp3) is 0.263. The third kappa shape index (κ3) is 3.59. The van der Waals surface area contributed by atoms with Crippen LogP contribution in [0.25, 0.3) is 0 Å². The summed E-state index contributed by atoms with van der Waals surface area (Å²) in [5, 5.41) is 23.6. The van der Waals surface area contributed by atoms with Gasteiger partial charge in [-0.1, -0.05) is 30.3 Å². The summed E-state index contributed by atoms with van der Waals surface area (Å²) in [6.45, 7) is 1.74. The number of benzene rings is 2. The van der Waals surface area contributed by atoms with Gasteiger partial charge in [0.1, 0.15) is 24.2 Å². The van der Waals surface area contributed by atoms with Crippen molar-refractivity contribution in [3.63, 3.8) is 0 Å². The summed E-state index contributed by atoms with van der Waals surface area (Å²) in [6.07, 6.45) is 0. The van der Waals surface area contributed by atoms with Crippen LogP contribution in [0.2, 0.25) is 0 Å². The lowest BCUT2D eigenvalue weighted by Crippen LogP contribution is -2.44. The van der Waals surface area contributed by atoms with E-state index >= 15 is 0 Å². The molecule has 2 aromatic carbocycles. The topological polar surface area (TPSA) is 128 Å². The first-order valence-corrected chi connectivity index (χ1v) is 8.48. The van der Waals surface area contributed by atoms with Crippen LogP contribution in [0.3, 0.4) is 0 Å². The maximum absolute atomic E-state index is 12.7.